The summed E-state index contributed by atoms with van der Waals surface area (Å²) in [6, 6.07) is 14.6. The van der Waals surface area contributed by atoms with Gasteiger partial charge >= 0.3 is 0 Å². The minimum Gasteiger partial charge on any atom is -0.496 e. The van der Waals surface area contributed by atoms with Crippen LogP contribution in [0.2, 0.25) is 5.02 Å². The molecule has 23 heavy (non-hydrogen) atoms. The maximum atomic E-state index is 12.1. The van der Waals surface area contributed by atoms with Crippen LogP contribution >= 0.6 is 23.4 Å². The van der Waals surface area contributed by atoms with Crippen molar-refractivity contribution >= 4 is 46.2 Å². The first-order valence-electron chi connectivity index (χ1n) is 6.84. The molecule has 0 saturated carbocycles. The molecule has 0 bridgehead atoms. The molecule has 1 saturated heterocycles. The Hall–Kier alpha value is -2.24. The first-order chi connectivity index (χ1) is 11.2. The van der Waals surface area contributed by atoms with Crippen molar-refractivity contribution < 1.29 is 9.53 Å². The molecule has 1 amide bonds. The van der Waals surface area contributed by atoms with Gasteiger partial charge in [-0.25, -0.2) is 4.99 Å². The maximum absolute atomic E-state index is 12.1. The van der Waals surface area contributed by atoms with E-state index in [-0.39, 0.29) is 5.91 Å². The van der Waals surface area contributed by atoms with Crippen LogP contribution in [0.25, 0.3) is 6.08 Å². The smallest absolute Gasteiger partial charge is 0.264 e. The molecule has 2 aromatic carbocycles. The first kappa shape index (κ1) is 15.6. The Balaban J connectivity index is 1.85. The molecule has 6 heteroatoms. The van der Waals surface area contributed by atoms with E-state index < -0.39 is 0 Å². The van der Waals surface area contributed by atoms with Gasteiger partial charge in [0, 0.05) is 10.6 Å². The number of nitrogens with zero attached hydrogens (tertiary/aromatic N) is 1. The van der Waals surface area contributed by atoms with Gasteiger partial charge in [-0.05, 0) is 48.2 Å². The second-order valence-corrected chi connectivity index (χ2v) is 6.17. The average Bonchev–Trinajstić information content (AvgIpc) is 2.90. The van der Waals surface area contributed by atoms with E-state index in [4.69, 9.17) is 16.3 Å². The topological polar surface area (TPSA) is 50.7 Å². The third-order valence-electron chi connectivity index (χ3n) is 3.13. The third kappa shape index (κ3) is 3.75. The van der Waals surface area contributed by atoms with Gasteiger partial charge in [-0.15, -0.1) is 0 Å². The molecule has 0 aromatic heterocycles. The fourth-order valence-corrected chi connectivity index (χ4v) is 3.00. The highest BCUT2D eigenvalue weighted by atomic mass is 35.5. The van der Waals surface area contributed by atoms with E-state index in [1.54, 1.807) is 37.5 Å². The Bertz CT molecular complexity index is 800. The van der Waals surface area contributed by atoms with Gasteiger partial charge in [0.2, 0.25) is 0 Å². The van der Waals surface area contributed by atoms with Crippen LogP contribution in [0, 0.1) is 0 Å². The second-order valence-electron chi connectivity index (χ2n) is 4.70. The molecule has 0 radical (unpaired) electrons. The summed E-state index contributed by atoms with van der Waals surface area (Å²) in [4.78, 5) is 17.1. The highest BCUT2D eigenvalue weighted by Gasteiger charge is 2.24. The number of halogens is 1. The number of hydrogen-bond donors (Lipinski definition) is 1. The zero-order valence-corrected chi connectivity index (χ0v) is 13.8. The quantitative estimate of drug-likeness (QED) is 0.847. The summed E-state index contributed by atoms with van der Waals surface area (Å²) in [5.41, 5.74) is 1.58. The maximum Gasteiger partial charge on any atom is 0.264 e. The zero-order chi connectivity index (χ0) is 16.2. The van der Waals surface area contributed by atoms with Gasteiger partial charge < -0.3 is 10.1 Å². The summed E-state index contributed by atoms with van der Waals surface area (Å²) in [5.74, 6) is 0.546. The van der Waals surface area contributed by atoms with Crippen molar-refractivity contribution in [3.63, 3.8) is 0 Å². The fourth-order valence-electron chi connectivity index (χ4n) is 2.04. The molecule has 116 valence electrons. The number of amides is 1. The van der Waals surface area contributed by atoms with Crippen LogP contribution in [-0.4, -0.2) is 18.2 Å². The number of hydrogen-bond acceptors (Lipinski definition) is 4. The second kappa shape index (κ2) is 6.89. The number of aliphatic imine (C=N–C) groups is 1. The standard InChI is InChI=1S/C17H13ClN2O2S/c1-22-14-5-3-2-4-11(14)10-15-16(21)20-17(23-15)19-13-8-6-12(18)7-9-13/h2-10H,1H3,(H,19,20,21)/b15-10+. The number of benzene rings is 2. The summed E-state index contributed by atoms with van der Waals surface area (Å²) < 4.78 is 5.30. The Morgan fingerprint density at radius 1 is 1.17 bits per heavy atom. The van der Waals surface area contributed by atoms with Crippen LogP contribution in [0.4, 0.5) is 5.69 Å². The van der Waals surface area contributed by atoms with Crippen LogP contribution in [0.3, 0.4) is 0 Å². The molecule has 3 rings (SSSR count). The van der Waals surface area contributed by atoms with E-state index in [0.29, 0.717) is 15.1 Å². The van der Waals surface area contributed by atoms with Gasteiger partial charge in [0.25, 0.3) is 5.91 Å². The Kier molecular flexibility index (Phi) is 4.69. The minimum atomic E-state index is -0.173. The van der Waals surface area contributed by atoms with E-state index in [0.717, 1.165) is 17.0 Å². The Morgan fingerprint density at radius 3 is 2.65 bits per heavy atom. The summed E-state index contributed by atoms with van der Waals surface area (Å²) in [6.07, 6.45) is 1.79. The largest absolute Gasteiger partial charge is 0.496 e. The molecule has 0 aliphatic carbocycles. The molecule has 0 atom stereocenters. The van der Waals surface area contributed by atoms with Crippen molar-refractivity contribution in [2.75, 3.05) is 7.11 Å². The summed E-state index contributed by atoms with van der Waals surface area (Å²) in [6.45, 7) is 0. The molecule has 0 spiro atoms. The van der Waals surface area contributed by atoms with Crippen molar-refractivity contribution in [3.05, 3.63) is 64.0 Å². The number of methoxy groups -OCH3 is 1. The number of rotatable bonds is 3. The number of carbonyl (C=O) groups is 1. The Labute approximate surface area is 143 Å². The monoisotopic (exact) mass is 344 g/mol. The van der Waals surface area contributed by atoms with E-state index >= 15 is 0 Å². The van der Waals surface area contributed by atoms with Gasteiger partial charge in [-0.1, -0.05) is 29.8 Å². The summed E-state index contributed by atoms with van der Waals surface area (Å²) in [7, 11) is 1.60. The number of amidine groups is 1. The van der Waals surface area contributed by atoms with Crippen LogP contribution in [0.5, 0.6) is 5.75 Å². The highest BCUT2D eigenvalue weighted by Crippen LogP contribution is 2.30. The number of para-hydroxylation sites is 1. The van der Waals surface area contributed by atoms with Crippen molar-refractivity contribution in [1.82, 2.24) is 5.32 Å². The van der Waals surface area contributed by atoms with Gasteiger partial charge in [0.1, 0.15) is 5.75 Å². The molecule has 4 nitrogen and oxygen atoms in total. The zero-order valence-electron chi connectivity index (χ0n) is 12.2. The predicted octanol–water partition coefficient (Wildman–Crippen LogP) is 4.24. The number of carbonyl (C=O) groups excluding carboxylic acids is 1. The number of thioether (sulfide) groups is 1. The lowest BCUT2D eigenvalue weighted by molar-refractivity contribution is -0.115. The van der Waals surface area contributed by atoms with Crippen LogP contribution < -0.4 is 10.1 Å². The van der Waals surface area contributed by atoms with Crippen molar-refractivity contribution in [3.8, 4) is 5.75 Å². The van der Waals surface area contributed by atoms with E-state index in [1.807, 2.05) is 24.3 Å². The average molecular weight is 345 g/mol. The summed E-state index contributed by atoms with van der Waals surface area (Å²) in [5, 5.41) is 3.94. The number of nitrogens with one attached hydrogen (secondary N) is 1. The van der Waals surface area contributed by atoms with E-state index in [1.165, 1.54) is 11.8 Å². The molecule has 1 fully saturated rings. The summed E-state index contributed by atoms with van der Waals surface area (Å²) >= 11 is 7.14. The van der Waals surface area contributed by atoms with Crippen molar-refractivity contribution in [2.45, 2.75) is 0 Å². The van der Waals surface area contributed by atoms with Crippen LogP contribution in [0.1, 0.15) is 5.56 Å². The molecular weight excluding hydrogens is 332 g/mol. The SMILES string of the molecule is COc1ccccc1/C=C1/SC(=Nc2ccc(Cl)cc2)NC1=O. The molecule has 1 aliphatic heterocycles. The molecule has 0 unspecified atom stereocenters. The van der Waals surface area contributed by atoms with Crippen LogP contribution in [-0.2, 0) is 4.79 Å². The first-order valence-corrected chi connectivity index (χ1v) is 8.03. The van der Waals surface area contributed by atoms with E-state index in [2.05, 4.69) is 10.3 Å². The van der Waals surface area contributed by atoms with Gasteiger partial charge in [-0.3, -0.25) is 4.79 Å². The third-order valence-corrected chi connectivity index (χ3v) is 4.30. The molecule has 1 aliphatic rings. The normalized spacial score (nSPS) is 17.6. The fraction of sp³-hybridized carbons (Fsp3) is 0.0588. The van der Waals surface area contributed by atoms with Crippen LogP contribution in [0.15, 0.2) is 58.4 Å². The van der Waals surface area contributed by atoms with Gasteiger partial charge in [0.15, 0.2) is 5.17 Å². The van der Waals surface area contributed by atoms with Gasteiger partial charge in [0.05, 0.1) is 17.7 Å². The van der Waals surface area contributed by atoms with Crippen molar-refractivity contribution in [2.24, 2.45) is 4.99 Å². The minimum absolute atomic E-state index is 0.173. The number of ether oxygens (including phenoxy) is 1. The molecule has 1 N–H and O–H groups in total. The van der Waals surface area contributed by atoms with E-state index in [9.17, 15) is 4.79 Å². The lowest BCUT2D eigenvalue weighted by Gasteiger charge is -2.03. The lowest BCUT2D eigenvalue weighted by Crippen LogP contribution is -2.19. The highest BCUT2D eigenvalue weighted by molar-refractivity contribution is 8.18. The van der Waals surface area contributed by atoms with Crippen molar-refractivity contribution in [1.29, 1.82) is 0 Å². The molecular formula is C17H13ClN2O2S. The molecule has 2 aromatic rings. The predicted molar refractivity (Wildman–Crippen MR) is 95.3 cm³/mol. The molecule has 1 heterocycles. The lowest BCUT2D eigenvalue weighted by atomic mass is 10.2. The Morgan fingerprint density at radius 2 is 1.91 bits per heavy atom. The van der Waals surface area contributed by atoms with Gasteiger partial charge in [-0.2, -0.15) is 0 Å².